The second-order valence-corrected chi connectivity index (χ2v) is 11.0. The molecule has 1 aliphatic rings. The van der Waals surface area contributed by atoms with E-state index in [-0.39, 0.29) is 6.54 Å². The molecule has 1 aromatic heterocycles. The number of sulfonamides is 1. The molecule has 0 unspecified atom stereocenters. The predicted molar refractivity (Wildman–Crippen MR) is 119 cm³/mol. The van der Waals surface area contributed by atoms with Gasteiger partial charge >= 0.3 is 6.36 Å². The standard InChI is InChI=1S/C23H20F4N2O3S2/c1-22(2)16-6-5-15(24)10-19(16)33-20-12-21(18(11-17(20)22)32-23(25,26)27)34(30,31)29-9-7-14-4-3-8-28-13-14/h3-6,8,10-13,29H,7,9H2,1-2H3. The summed E-state index contributed by atoms with van der Waals surface area (Å²) in [6.45, 7) is 3.50. The molecule has 0 saturated heterocycles. The Morgan fingerprint density at radius 3 is 2.50 bits per heavy atom. The first-order valence-corrected chi connectivity index (χ1v) is 12.5. The average molecular weight is 513 g/mol. The largest absolute Gasteiger partial charge is 0.573 e. The van der Waals surface area contributed by atoms with Gasteiger partial charge in [-0.25, -0.2) is 17.5 Å². The van der Waals surface area contributed by atoms with E-state index >= 15 is 0 Å². The lowest BCUT2D eigenvalue weighted by Crippen LogP contribution is -2.29. The number of hydrogen-bond donors (Lipinski definition) is 1. The molecule has 0 bridgehead atoms. The Labute approximate surface area is 198 Å². The van der Waals surface area contributed by atoms with E-state index < -0.39 is 38.3 Å². The number of hydrogen-bond acceptors (Lipinski definition) is 5. The molecule has 5 nitrogen and oxygen atoms in total. The quantitative estimate of drug-likeness (QED) is 0.446. The number of halogens is 4. The minimum Gasteiger partial charge on any atom is -0.404 e. The van der Waals surface area contributed by atoms with Crippen LogP contribution in [0.2, 0.25) is 0 Å². The minimum atomic E-state index is -5.10. The van der Waals surface area contributed by atoms with E-state index in [1.54, 1.807) is 44.4 Å². The van der Waals surface area contributed by atoms with Crippen molar-refractivity contribution < 1.29 is 30.7 Å². The van der Waals surface area contributed by atoms with Crippen LogP contribution in [0.1, 0.15) is 30.5 Å². The number of rotatable bonds is 6. The molecule has 0 atom stereocenters. The summed E-state index contributed by atoms with van der Waals surface area (Å²) in [5.41, 5.74) is 1.11. The van der Waals surface area contributed by atoms with Crippen LogP contribution in [0.15, 0.2) is 69.5 Å². The zero-order valence-corrected chi connectivity index (χ0v) is 19.7. The highest BCUT2D eigenvalue weighted by atomic mass is 32.2. The second kappa shape index (κ2) is 8.86. The van der Waals surface area contributed by atoms with Crippen LogP contribution in [0.4, 0.5) is 17.6 Å². The van der Waals surface area contributed by atoms with Crippen molar-refractivity contribution in [3.63, 3.8) is 0 Å². The highest BCUT2D eigenvalue weighted by molar-refractivity contribution is 7.99. The average Bonchev–Trinajstić information content (AvgIpc) is 2.73. The van der Waals surface area contributed by atoms with Crippen LogP contribution in [0.3, 0.4) is 0 Å². The fourth-order valence-electron chi connectivity index (χ4n) is 3.84. The van der Waals surface area contributed by atoms with Gasteiger partial charge < -0.3 is 4.74 Å². The number of aromatic nitrogens is 1. The summed E-state index contributed by atoms with van der Waals surface area (Å²) in [6.07, 6.45) is -1.66. The second-order valence-electron chi connectivity index (χ2n) is 8.22. The molecule has 2 heterocycles. The Morgan fingerprint density at radius 2 is 1.82 bits per heavy atom. The normalized spacial score (nSPS) is 14.9. The van der Waals surface area contributed by atoms with Crippen LogP contribution in [0.5, 0.6) is 5.75 Å². The molecule has 3 aromatic rings. The Hall–Kier alpha value is -2.63. The van der Waals surface area contributed by atoms with Gasteiger partial charge in [-0.1, -0.05) is 37.7 Å². The van der Waals surface area contributed by atoms with E-state index in [9.17, 15) is 26.0 Å². The molecule has 0 saturated carbocycles. The number of nitrogens with one attached hydrogen (secondary N) is 1. The van der Waals surface area contributed by atoms with Gasteiger partial charge in [-0.3, -0.25) is 4.98 Å². The third kappa shape index (κ3) is 5.06. The predicted octanol–water partition coefficient (Wildman–Crippen LogP) is 5.43. The molecule has 0 aliphatic carbocycles. The van der Waals surface area contributed by atoms with Gasteiger partial charge in [-0.05, 0) is 53.4 Å². The van der Waals surface area contributed by atoms with Gasteiger partial charge in [0.15, 0.2) is 0 Å². The molecule has 1 aliphatic heterocycles. The smallest absolute Gasteiger partial charge is 0.404 e. The van der Waals surface area contributed by atoms with E-state index in [1.807, 2.05) is 0 Å². The van der Waals surface area contributed by atoms with Crippen LogP contribution in [0, 0.1) is 5.82 Å². The lowest BCUT2D eigenvalue weighted by Gasteiger charge is -2.35. The lowest BCUT2D eigenvalue weighted by atomic mass is 9.77. The van der Waals surface area contributed by atoms with E-state index in [0.717, 1.165) is 35.0 Å². The van der Waals surface area contributed by atoms with Crippen molar-refractivity contribution in [2.24, 2.45) is 0 Å². The van der Waals surface area contributed by atoms with Crippen molar-refractivity contribution in [1.29, 1.82) is 0 Å². The zero-order chi connectivity index (χ0) is 24.7. The Morgan fingerprint density at radius 1 is 1.09 bits per heavy atom. The highest BCUT2D eigenvalue weighted by Crippen LogP contribution is 2.51. The molecule has 34 heavy (non-hydrogen) atoms. The molecular weight excluding hydrogens is 492 g/mol. The molecule has 0 amide bonds. The van der Waals surface area contributed by atoms with Gasteiger partial charge in [0.2, 0.25) is 10.0 Å². The van der Waals surface area contributed by atoms with Crippen LogP contribution >= 0.6 is 11.8 Å². The summed E-state index contributed by atoms with van der Waals surface area (Å²) < 4.78 is 86.0. The fourth-order valence-corrected chi connectivity index (χ4v) is 6.52. The number of alkyl halides is 3. The van der Waals surface area contributed by atoms with Crippen LogP contribution in [-0.4, -0.2) is 26.3 Å². The number of fused-ring (bicyclic) bond motifs is 2. The molecule has 4 rings (SSSR count). The van der Waals surface area contributed by atoms with Gasteiger partial charge in [0.05, 0.1) is 0 Å². The van der Waals surface area contributed by atoms with Gasteiger partial charge in [0.25, 0.3) is 0 Å². The summed E-state index contributed by atoms with van der Waals surface area (Å²) in [7, 11) is -4.37. The first-order valence-electron chi connectivity index (χ1n) is 10.2. The van der Waals surface area contributed by atoms with Crippen molar-refractivity contribution in [1.82, 2.24) is 9.71 Å². The molecule has 0 fully saturated rings. The van der Waals surface area contributed by atoms with E-state index in [0.29, 0.717) is 21.8 Å². The van der Waals surface area contributed by atoms with Gasteiger partial charge in [-0.15, -0.1) is 13.2 Å². The molecule has 180 valence electrons. The summed E-state index contributed by atoms with van der Waals surface area (Å²) in [5, 5.41) is 0. The van der Waals surface area contributed by atoms with Crippen molar-refractivity contribution in [2.75, 3.05) is 6.54 Å². The summed E-state index contributed by atoms with van der Waals surface area (Å²) in [4.78, 5) is 4.28. The van der Waals surface area contributed by atoms with Gasteiger partial charge in [-0.2, -0.15) is 0 Å². The summed E-state index contributed by atoms with van der Waals surface area (Å²) in [5.74, 6) is -1.29. The van der Waals surface area contributed by atoms with E-state index in [2.05, 4.69) is 14.4 Å². The zero-order valence-electron chi connectivity index (χ0n) is 18.1. The van der Waals surface area contributed by atoms with E-state index in [1.165, 1.54) is 12.1 Å². The van der Waals surface area contributed by atoms with Crippen molar-refractivity contribution in [3.8, 4) is 5.75 Å². The maximum atomic E-state index is 13.9. The molecule has 11 heteroatoms. The Balaban J connectivity index is 1.74. The molecule has 0 spiro atoms. The van der Waals surface area contributed by atoms with Crippen molar-refractivity contribution in [2.45, 2.75) is 46.7 Å². The first kappa shape index (κ1) is 24.5. The fraction of sp³-hybridized carbons (Fsp3) is 0.261. The maximum Gasteiger partial charge on any atom is 0.573 e. The SMILES string of the molecule is CC1(C)c2ccc(F)cc2Sc2cc(S(=O)(=O)NCCc3cccnc3)c(OC(F)(F)F)cc21. The topological polar surface area (TPSA) is 68.3 Å². The third-order valence-electron chi connectivity index (χ3n) is 5.50. The van der Waals surface area contributed by atoms with Crippen molar-refractivity contribution in [3.05, 3.63) is 77.4 Å². The Bertz CT molecular complexity index is 1330. The van der Waals surface area contributed by atoms with Gasteiger partial charge in [0, 0.05) is 34.1 Å². The highest BCUT2D eigenvalue weighted by Gasteiger charge is 2.39. The van der Waals surface area contributed by atoms with E-state index in [4.69, 9.17) is 0 Å². The molecular formula is C23H20F4N2O3S2. The van der Waals surface area contributed by atoms with Crippen LogP contribution in [0.25, 0.3) is 0 Å². The Kier molecular flexibility index (Phi) is 6.38. The number of benzene rings is 2. The first-order chi connectivity index (χ1) is 15.9. The minimum absolute atomic E-state index is 0.0523. The summed E-state index contributed by atoms with van der Waals surface area (Å²) >= 11 is 1.10. The summed E-state index contributed by atoms with van der Waals surface area (Å²) in [6, 6.07) is 9.90. The van der Waals surface area contributed by atoms with Crippen LogP contribution in [-0.2, 0) is 21.9 Å². The number of pyridine rings is 1. The third-order valence-corrected chi connectivity index (χ3v) is 8.10. The molecule has 1 N–H and O–H groups in total. The number of nitrogens with zero attached hydrogens (tertiary/aromatic N) is 1. The van der Waals surface area contributed by atoms with Crippen LogP contribution < -0.4 is 9.46 Å². The van der Waals surface area contributed by atoms with Crippen molar-refractivity contribution >= 4 is 21.8 Å². The monoisotopic (exact) mass is 512 g/mol. The molecule has 2 aromatic carbocycles. The maximum absolute atomic E-state index is 13.9. The number of ether oxygens (including phenoxy) is 1. The van der Waals surface area contributed by atoms with Gasteiger partial charge in [0.1, 0.15) is 16.5 Å². The lowest BCUT2D eigenvalue weighted by molar-refractivity contribution is -0.275. The molecule has 0 radical (unpaired) electrons.